The molecule has 5 rings (SSSR count). The van der Waals surface area contributed by atoms with Gasteiger partial charge in [0.1, 0.15) is 10.8 Å². The summed E-state index contributed by atoms with van der Waals surface area (Å²) in [7, 11) is -1.61. The highest BCUT2D eigenvalue weighted by atomic mass is 32.2. The smallest absolute Gasteiger partial charge is 0.281 e. The Morgan fingerprint density at radius 1 is 1.12 bits per heavy atom. The van der Waals surface area contributed by atoms with E-state index in [1.807, 2.05) is 44.2 Å². The van der Waals surface area contributed by atoms with Gasteiger partial charge in [-0.15, -0.1) is 5.10 Å². The van der Waals surface area contributed by atoms with E-state index in [0.29, 0.717) is 61.7 Å². The topological polar surface area (TPSA) is 145 Å². The monoisotopic (exact) mass is 567 g/mol. The summed E-state index contributed by atoms with van der Waals surface area (Å²) >= 11 is 0. The zero-order chi connectivity index (χ0) is 28.2. The minimum atomic E-state index is -1.61. The number of hydrogen-bond acceptors (Lipinski definition) is 9. The predicted molar refractivity (Wildman–Crippen MR) is 151 cm³/mol. The molecule has 0 saturated carbocycles. The molecular formula is C27H33N7O5S. The molecule has 2 aromatic heterocycles. The number of nitrogens with zero attached hydrogens (tertiary/aromatic N) is 5. The summed E-state index contributed by atoms with van der Waals surface area (Å²) in [6.45, 7) is 8.04. The summed E-state index contributed by atoms with van der Waals surface area (Å²) in [4.78, 5) is 34.3. The summed E-state index contributed by atoms with van der Waals surface area (Å²) in [5.74, 6) is -0.0608. The van der Waals surface area contributed by atoms with Crippen molar-refractivity contribution in [2.45, 2.75) is 23.8 Å². The van der Waals surface area contributed by atoms with Gasteiger partial charge >= 0.3 is 0 Å². The molecule has 40 heavy (non-hydrogen) atoms. The number of aromatic amines is 1. The molecule has 0 radical (unpaired) electrons. The largest absolute Gasteiger partial charge is 0.394 e. The first-order valence-corrected chi connectivity index (χ1v) is 14.3. The molecule has 1 fully saturated rings. The van der Waals surface area contributed by atoms with Crippen molar-refractivity contribution < 1.29 is 18.8 Å². The van der Waals surface area contributed by atoms with E-state index in [1.54, 1.807) is 10.6 Å². The molecule has 1 amide bonds. The lowest BCUT2D eigenvalue weighted by molar-refractivity contribution is -0.122. The average molecular weight is 568 g/mol. The van der Waals surface area contributed by atoms with E-state index >= 15 is 0 Å². The summed E-state index contributed by atoms with van der Waals surface area (Å²) in [5.41, 5.74) is 3.33. The molecule has 0 aliphatic carbocycles. The molecule has 1 aliphatic rings. The van der Waals surface area contributed by atoms with Crippen LogP contribution in [0.5, 0.6) is 0 Å². The Kier molecular flexibility index (Phi) is 8.54. The number of anilines is 1. The summed E-state index contributed by atoms with van der Waals surface area (Å²) in [6, 6.07) is 11.3. The number of hydrogen-bond donors (Lipinski definition) is 3. The van der Waals surface area contributed by atoms with Crippen LogP contribution in [0.3, 0.4) is 0 Å². The summed E-state index contributed by atoms with van der Waals surface area (Å²) in [5, 5.41) is 19.4. The maximum atomic E-state index is 13.4. The van der Waals surface area contributed by atoms with Gasteiger partial charge in [0.2, 0.25) is 5.91 Å². The second-order valence-electron chi connectivity index (χ2n) is 9.78. The molecule has 13 heteroatoms. The second kappa shape index (κ2) is 12.3. The quantitative estimate of drug-likeness (QED) is 0.235. The number of ether oxygens (including phenoxy) is 1. The highest BCUT2D eigenvalue weighted by Crippen LogP contribution is 2.25. The number of piperazine rings is 1. The van der Waals surface area contributed by atoms with Crippen molar-refractivity contribution in [2.75, 3.05) is 64.0 Å². The number of aliphatic hydroxyl groups is 1. The van der Waals surface area contributed by atoms with Crippen LogP contribution >= 0.6 is 0 Å². The van der Waals surface area contributed by atoms with Gasteiger partial charge in [0, 0.05) is 43.3 Å². The number of rotatable bonds is 10. The van der Waals surface area contributed by atoms with E-state index < -0.39 is 16.4 Å². The Morgan fingerprint density at radius 3 is 2.67 bits per heavy atom. The van der Waals surface area contributed by atoms with Crippen LogP contribution in [0.15, 0.2) is 51.1 Å². The van der Waals surface area contributed by atoms with Gasteiger partial charge in [-0.3, -0.25) is 14.5 Å². The number of nitrogens with one attached hydrogen (secondary N) is 2. The van der Waals surface area contributed by atoms with Crippen LogP contribution < -0.4 is 15.8 Å². The fraction of sp³-hybridized carbons (Fsp3) is 0.407. The third kappa shape index (κ3) is 5.92. The van der Waals surface area contributed by atoms with Crippen molar-refractivity contribution in [1.82, 2.24) is 30.0 Å². The fourth-order valence-corrected chi connectivity index (χ4v) is 6.06. The maximum absolute atomic E-state index is 13.4. The van der Waals surface area contributed by atoms with Gasteiger partial charge < -0.3 is 20.1 Å². The van der Waals surface area contributed by atoms with E-state index in [4.69, 9.17) is 9.84 Å². The first-order valence-electron chi connectivity index (χ1n) is 13.2. The molecule has 1 aliphatic heterocycles. The lowest BCUT2D eigenvalue weighted by Crippen LogP contribution is -2.49. The third-order valence-corrected chi connectivity index (χ3v) is 8.41. The Morgan fingerprint density at radius 2 is 1.93 bits per heavy atom. The van der Waals surface area contributed by atoms with E-state index in [0.717, 1.165) is 16.8 Å². The van der Waals surface area contributed by atoms with Gasteiger partial charge in [-0.1, -0.05) is 17.7 Å². The normalized spacial score (nSPS) is 15.1. The standard InChI is InChI=1S/C27H33N7O5S/c1-18-3-6-23(19(2)15-18)40(38)27-25-29-26(37)21-5-4-20(16-22(21)34(25)31-30-27)33-10-8-32(9-11-33)17-24(36)28-7-13-39-14-12-35/h3-6,15-16,31,35H,7-14,17H2,1-2H3,(H,28,36). The van der Waals surface area contributed by atoms with Crippen LogP contribution in [0, 0.1) is 13.8 Å². The number of benzene rings is 2. The fourth-order valence-electron chi connectivity index (χ4n) is 4.88. The lowest BCUT2D eigenvalue weighted by atomic mass is 10.2. The minimum absolute atomic E-state index is 0.0362. The molecule has 212 valence electrons. The van der Waals surface area contributed by atoms with Gasteiger partial charge in [0.25, 0.3) is 5.56 Å². The number of aromatic nitrogens is 4. The first kappa shape index (κ1) is 27.9. The molecule has 2 aromatic carbocycles. The summed E-state index contributed by atoms with van der Waals surface area (Å²) < 4.78 is 20.2. The van der Waals surface area contributed by atoms with Gasteiger partial charge in [0.05, 0.1) is 37.3 Å². The number of aryl methyl sites for hydroxylation is 2. The summed E-state index contributed by atoms with van der Waals surface area (Å²) in [6.07, 6.45) is 0. The number of carbonyl (C=O) groups is 1. The van der Waals surface area contributed by atoms with Crippen LogP contribution in [0.25, 0.3) is 16.6 Å². The zero-order valence-electron chi connectivity index (χ0n) is 22.6. The number of amides is 1. The van der Waals surface area contributed by atoms with Crippen molar-refractivity contribution in [3.8, 4) is 0 Å². The van der Waals surface area contributed by atoms with Crippen LogP contribution in [-0.4, -0.2) is 99.0 Å². The van der Waals surface area contributed by atoms with Crippen molar-refractivity contribution in [1.29, 1.82) is 0 Å². The Bertz CT molecular complexity index is 1610. The van der Waals surface area contributed by atoms with Crippen LogP contribution in [0.4, 0.5) is 5.69 Å². The van der Waals surface area contributed by atoms with E-state index in [1.165, 1.54) is 0 Å². The third-order valence-electron chi connectivity index (χ3n) is 6.93. The number of aliphatic hydroxyl groups excluding tert-OH is 1. The minimum Gasteiger partial charge on any atom is -0.394 e. The highest BCUT2D eigenvalue weighted by Gasteiger charge is 2.22. The Hall–Kier alpha value is -3.65. The molecule has 4 aromatic rings. The zero-order valence-corrected chi connectivity index (χ0v) is 23.4. The first-order chi connectivity index (χ1) is 19.4. The predicted octanol–water partition coefficient (Wildman–Crippen LogP) is 0.601. The molecule has 0 spiro atoms. The second-order valence-corrected chi connectivity index (χ2v) is 11.1. The van der Waals surface area contributed by atoms with E-state index in [9.17, 15) is 13.8 Å². The van der Waals surface area contributed by atoms with Gasteiger partial charge in [-0.05, 0) is 43.7 Å². The Balaban J connectivity index is 1.31. The highest BCUT2D eigenvalue weighted by molar-refractivity contribution is 7.85. The molecule has 1 atom stereocenters. The molecule has 0 bridgehead atoms. The molecule has 3 heterocycles. The molecule has 12 nitrogen and oxygen atoms in total. The van der Waals surface area contributed by atoms with Crippen molar-refractivity contribution >= 4 is 38.9 Å². The maximum Gasteiger partial charge on any atom is 0.281 e. The lowest BCUT2D eigenvalue weighted by Gasteiger charge is -2.35. The van der Waals surface area contributed by atoms with Crippen molar-refractivity contribution in [2.24, 2.45) is 0 Å². The SMILES string of the molecule is Cc1ccc(S(=O)c2n[nH]n3c2nc(=O)c2ccc(N4CCN(CC(=O)NCCOCCO)CC4)cc23)c(C)c1. The van der Waals surface area contributed by atoms with Gasteiger partial charge in [0.15, 0.2) is 10.7 Å². The van der Waals surface area contributed by atoms with Gasteiger partial charge in [-0.2, -0.15) is 4.98 Å². The van der Waals surface area contributed by atoms with E-state index in [2.05, 4.69) is 30.4 Å². The van der Waals surface area contributed by atoms with Crippen LogP contribution in [0.2, 0.25) is 0 Å². The number of H-pyrrole nitrogens is 1. The molecule has 1 unspecified atom stereocenters. The van der Waals surface area contributed by atoms with Crippen LogP contribution in [0.1, 0.15) is 11.1 Å². The van der Waals surface area contributed by atoms with Crippen molar-refractivity contribution in [3.05, 3.63) is 57.9 Å². The Labute approximate surface area is 233 Å². The van der Waals surface area contributed by atoms with Crippen LogP contribution in [-0.2, 0) is 20.3 Å². The van der Waals surface area contributed by atoms with Crippen molar-refractivity contribution in [3.63, 3.8) is 0 Å². The molecule has 3 N–H and O–H groups in total. The van der Waals surface area contributed by atoms with E-state index in [-0.39, 0.29) is 29.8 Å². The number of fused-ring (bicyclic) bond motifs is 3. The molecule has 1 saturated heterocycles. The number of carbonyl (C=O) groups excluding carboxylic acids is 1. The molecular weight excluding hydrogens is 534 g/mol. The average Bonchev–Trinajstić information content (AvgIpc) is 3.37. The van der Waals surface area contributed by atoms with Gasteiger partial charge in [-0.25, -0.2) is 13.9 Å².